The quantitative estimate of drug-likeness (QED) is 0.206. The number of rotatable bonds is 7. The van der Waals surface area contributed by atoms with Gasteiger partial charge in [-0.15, -0.1) is 0 Å². The molecule has 0 bridgehead atoms. The van der Waals surface area contributed by atoms with E-state index in [4.69, 9.17) is 10.6 Å². The largest absolute Gasteiger partial charge is 0.462 e. The first-order valence-corrected chi connectivity index (χ1v) is 10.3. The van der Waals surface area contributed by atoms with Crippen molar-refractivity contribution in [1.82, 2.24) is 4.57 Å². The Morgan fingerprint density at radius 1 is 1.03 bits per heavy atom. The lowest BCUT2D eigenvalue weighted by Crippen LogP contribution is -2.06. The van der Waals surface area contributed by atoms with Crippen LogP contribution in [0.5, 0.6) is 0 Å². The molecule has 0 aliphatic heterocycles. The number of esters is 1. The molecule has 4 aromatic rings. The van der Waals surface area contributed by atoms with E-state index in [0.29, 0.717) is 25.1 Å². The standard InChI is InChI=1S/C26H25N3O2/c1-2-31-26(30)25-18-29(16-22-11-6-10-21-9-3-4-12-24(21)22)17-23(25)14-19-7-5-8-20(13-19)15-28-27/h3-13,15,17-18H,2,14,16,27H2,1H3. The summed E-state index contributed by atoms with van der Waals surface area (Å²) in [5, 5.41) is 6.02. The molecule has 0 aliphatic rings. The molecule has 31 heavy (non-hydrogen) atoms. The van der Waals surface area contributed by atoms with Crippen molar-refractivity contribution in [1.29, 1.82) is 0 Å². The zero-order valence-corrected chi connectivity index (χ0v) is 17.5. The number of hydrogen-bond acceptors (Lipinski definition) is 4. The van der Waals surface area contributed by atoms with Crippen LogP contribution >= 0.6 is 0 Å². The summed E-state index contributed by atoms with van der Waals surface area (Å²) < 4.78 is 7.38. The molecule has 3 aromatic carbocycles. The lowest BCUT2D eigenvalue weighted by Gasteiger charge is -2.07. The highest BCUT2D eigenvalue weighted by molar-refractivity contribution is 5.91. The first-order chi connectivity index (χ1) is 15.2. The zero-order chi connectivity index (χ0) is 21.6. The van der Waals surface area contributed by atoms with Gasteiger partial charge in [0.15, 0.2) is 0 Å². The van der Waals surface area contributed by atoms with Gasteiger partial charge in [-0.3, -0.25) is 0 Å². The van der Waals surface area contributed by atoms with Crippen LogP contribution in [-0.4, -0.2) is 23.4 Å². The SMILES string of the molecule is CCOC(=O)c1cn(Cc2cccc3ccccc23)cc1Cc1cccc(C=NN)c1. The minimum atomic E-state index is -0.297. The van der Waals surface area contributed by atoms with Crippen molar-refractivity contribution in [2.75, 3.05) is 6.61 Å². The second-order valence-electron chi connectivity index (χ2n) is 7.43. The lowest BCUT2D eigenvalue weighted by molar-refractivity contribution is 0.0525. The summed E-state index contributed by atoms with van der Waals surface area (Å²) in [5.41, 5.74) is 4.73. The minimum absolute atomic E-state index is 0.297. The van der Waals surface area contributed by atoms with Crippen LogP contribution in [0.1, 0.15) is 39.5 Å². The van der Waals surface area contributed by atoms with E-state index in [-0.39, 0.29) is 5.97 Å². The maximum Gasteiger partial charge on any atom is 0.339 e. The number of aromatic nitrogens is 1. The molecule has 0 amide bonds. The van der Waals surface area contributed by atoms with Gasteiger partial charge in [-0.25, -0.2) is 4.79 Å². The first kappa shape index (κ1) is 20.4. The van der Waals surface area contributed by atoms with Crippen LogP contribution in [0.25, 0.3) is 10.8 Å². The van der Waals surface area contributed by atoms with Gasteiger partial charge >= 0.3 is 5.97 Å². The van der Waals surface area contributed by atoms with E-state index in [1.807, 2.05) is 49.6 Å². The third-order valence-electron chi connectivity index (χ3n) is 5.26. The van der Waals surface area contributed by atoms with Gasteiger partial charge in [0, 0.05) is 18.9 Å². The van der Waals surface area contributed by atoms with Crippen molar-refractivity contribution in [2.45, 2.75) is 19.9 Å². The van der Waals surface area contributed by atoms with E-state index in [0.717, 1.165) is 16.7 Å². The monoisotopic (exact) mass is 411 g/mol. The summed E-state index contributed by atoms with van der Waals surface area (Å²) in [6.45, 7) is 2.84. The van der Waals surface area contributed by atoms with Crippen molar-refractivity contribution in [3.63, 3.8) is 0 Å². The average molecular weight is 412 g/mol. The highest BCUT2D eigenvalue weighted by Gasteiger charge is 2.17. The minimum Gasteiger partial charge on any atom is -0.462 e. The highest BCUT2D eigenvalue weighted by Crippen LogP contribution is 2.22. The maximum atomic E-state index is 12.6. The molecule has 1 aromatic heterocycles. The molecule has 2 N–H and O–H groups in total. The molecule has 0 spiro atoms. The fourth-order valence-corrected chi connectivity index (χ4v) is 3.90. The Morgan fingerprint density at radius 2 is 1.84 bits per heavy atom. The molecule has 4 rings (SSSR count). The summed E-state index contributed by atoms with van der Waals surface area (Å²) in [7, 11) is 0. The predicted octanol–water partition coefficient (Wildman–Crippen LogP) is 4.75. The number of benzene rings is 3. The van der Waals surface area contributed by atoms with Crippen LogP contribution in [-0.2, 0) is 17.7 Å². The van der Waals surface area contributed by atoms with Crippen molar-refractivity contribution in [3.05, 3.63) is 107 Å². The summed E-state index contributed by atoms with van der Waals surface area (Å²) in [6, 6.07) is 22.6. The number of nitrogens with zero attached hydrogens (tertiary/aromatic N) is 2. The molecule has 5 heteroatoms. The molecule has 0 aliphatic carbocycles. The Bertz CT molecular complexity index is 1240. The molecule has 5 nitrogen and oxygen atoms in total. The maximum absolute atomic E-state index is 12.6. The Kier molecular flexibility index (Phi) is 6.13. The van der Waals surface area contributed by atoms with Crippen LogP contribution in [0.2, 0.25) is 0 Å². The van der Waals surface area contributed by atoms with Crippen molar-refractivity contribution in [2.24, 2.45) is 10.9 Å². The molecule has 0 unspecified atom stereocenters. The Morgan fingerprint density at radius 3 is 2.68 bits per heavy atom. The summed E-state index contributed by atoms with van der Waals surface area (Å²) in [6.07, 6.45) is 6.16. The number of ether oxygens (including phenoxy) is 1. The van der Waals surface area contributed by atoms with Crippen LogP contribution in [0.15, 0.2) is 84.2 Å². The smallest absolute Gasteiger partial charge is 0.339 e. The molecular formula is C26H25N3O2. The summed E-state index contributed by atoms with van der Waals surface area (Å²) in [5.74, 6) is 4.98. The Labute approximate surface area is 181 Å². The third-order valence-corrected chi connectivity index (χ3v) is 5.26. The molecule has 0 fully saturated rings. The van der Waals surface area contributed by atoms with E-state index >= 15 is 0 Å². The van der Waals surface area contributed by atoms with Gasteiger partial charge in [0.25, 0.3) is 0 Å². The van der Waals surface area contributed by atoms with Gasteiger partial charge in [0.05, 0.1) is 18.4 Å². The Hall–Kier alpha value is -3.86. The average Bonchev–Trinajstić information content (AvgIpc) is 3.17. The van der Waals surface area contributed by atoms with Crippen molar-refractivity contribution < 1.29 is 9.53 Å². The van der Waals surface area contributed by atoms with Gasteiger partial charge in [0.2, 0.25) is 0 Å². The van der Waals surface area contributed by atoms with Crippen LogP contribution in [0.4, 0.5) is 0 Å². The fraction of sp³-hybridized carbons (Fsp3) is 0.154. The second-order valence-corrected chi connectivity index (χ2v) is 7.43. The number of carbonyl (C=O) groups is 1. The normalized spacial score (nSPS) is 11.3. The predicted molar refractivity (Wildman–Crippen MR) is 124 cm³/mol. The molecule has 1 heterocycles. The van der Waals surface area contributed by atoms with Crippen molar-refractivity contribution >= 4 is 23.0 Å². The van der Waals surface area contributed by atoms with E-state index in [9.17, 15) is 4.79 Å². The number of carbonyl (C=O) groups excluding carboxylic acids is 1. The first-order valence-electron chi connectivity index (χ1n) is 10.3. The van der Waals surface area contributed by atoms with E-state index in [1.54, 1.807) is 6.21 Å². The number of hydrazone groups is 1. The van der Waals surface area contributed by atoms with Crippen molar-refractivity contribution in [3.8, 4) is 0 Å². The summed E-state index contributed by atoms with van der Waals surface area (Å²) >= 11 is 0. The van der Waals surface area contributed by atoms with Gasteiger partial charge in [-0.05, 0) is 52.4 Å². The van der Waals surface area contributed by atoms with Gasteiger partial charge < -0.3 is 15.1 Å². The van der Waals surface area contributed by atoms with Crippen LogP contribution in [0.3, 0.4) is 0 Å². The van der Waals surface area contributed by atoms with Crippen LogP contribution < -0.4 is 5.84 Å². The zero-order valence-electron chi connectivity index (χ0n) is 17.5. The number of nitrogens with two attached hydrogens (primary N) is 1. The van der Waals surface area contributed by atoms with E-state index in [1.165, 1.54) is 16.3 Å². The molecule has 0 saturated carbocycles. The number of fused-ring (bicyclic) bond motifs is 1. The fourth-order valence-electron chi connectivity index (χ4n) is 3.90. The lowest BCUT2D eigenvalue weighted by atomic mass is 10.0. The molecule has 0 atom stereocenters. The number of hydrogen-bond donors (Lipinski definition) is 1. The molecular weight excluding hydrogens is 386 g/mol. The molecule has 156 valence electrons. The topological polar surface area (TPSA) is 69.6 Å². The second kappa shape index (κ2) is 9.30. The van der Waals surface area contributed by atoms with Gasteiger partial charge in [-0.2, -0.15) is 5.10 Å². The summed E-state index contributed by atoms with van der Waals surface area (Å²) in [4.78, 5) is 12.6. The molecule has 0 radical (unpaired) electrons. The molecule has 0 saturated heterocycles. The van der Waals surface area contributed by atoms with Gasteiger partial charge in [-0.1, -0.05) is 60.7 Å². The highest BCUT2D eigenvalue weighted by atomic mass is 16.5. The van der Waals surface area contributed by atoms with E-state index < -0.39 is 0 Å². The van der Waals surface area contributed by atoms with Crippen LogP contribution in [0, 0.1) is 0 Å². The third kappa shape index (κ3) is 4.67. The van der Waals surface area contributed by atoms with Gasteiger partial charge in [0.1, 0.15) is 0 Å². The van der Waals surface area contributed by atoms with E-state index in [2.05, 4.69) is 46.1 Å². The Balaban J connectivity index is 1.68.